The van der Waals surface area contributed by atoms with Gasteiger partial charge in [0.05, 0.1) is 0 Å². The van der Waals surface area contributed by atoms with E-state index in [0.717, 1.165) is 12.3 Å². The largest absolute Gasteiger partial charge is 0.327 e. The fourth-order valence-corrected chi connectivity index (χ4v) is 2.91. The van der Waals surface area contributed by atoms with Crippen molar-refractivity contribution in [1.82, 2.24) is 0 Å². The Morgan fingerprint density at radius 2 is 2.23 bits per heavy atom. The second-order valence-electron chi connectivity index (χ2n) is 4.04. The molecule has 1 atom stereocenters. The summed E-state index contributed by atoms with van der Waals surface area (Å²) >= 11 is 1.77. The number of hydrogen-bond acceptors (Lipinski definition) is 2. The maximum absolute atomic E-state index is 6.17. The molecule has 0 aromatic carbocycles. The fraction of sp³-hybridized carbons (Fsp3) is 0.636. The second-order valence-corrected chi connectivity index (χ2v) is 4.82. The van der Waals surface area contributed by atoms with Gasteiger partial charge in [0.1, 0.15) is 0 Å². The van der Waals surface area contributed by atoms with Crippen LogP contribution < -0.4 is 5.73 Å². The Morgan fingerprint density at radius 1 is 1.46 bits per heavy atom. The maximum atomic E-state index is 6.17. The average molecular weight is 195 g/mol. The van der Waals surface area contributed by atoms with E-state index >= 15 is 0 Å². The summed E-state index contributed by atoms with van der Waals surface area (Å²) in [5.74, 6) is 0.792. The molecular weight excluding hydrogens is 178 g/mol. The molecule has 1 heterocycles. The fourth-order valence-electron chi connectivity index (χ4n) is 2.23. The van der Waals surface area contributed by atoms with Crippen LogP contribution in [0.15, 0.2) is 16.8 Å². The van der Waals surface area contributed by atoms with Crippen molar-refractivity contribution in [1.29, 1.82) is 0 Å². The Morgan fingerprint density at radius 3 is 2.85 bits per heavy atom. The van der Waals surface area contributed by atoms with Gasteiger partial charge in [-0.05, 0) is 47.6 Å². The molecule has 2 rings (SSSR count). The van der Waals surface area contributed by atoms with Gasteiger partial charge in [-0.15, -0.1) is 0 Å². The number of rotatable bonds is 3. The Labute approximate surface area is 84.0 Å². The van der Waals surface area contributed by atoms with Crippen molar-refractivity contribution in [2.45, 2.75) is 38.1 Å². The molecule has 1 aliphatic rings. The lowest BCUT2D eigenvalue weighted by Gasteiger charge is -2.17. The minimum absolute atomic E-state index is 0.400. The van der Waals surface area contributed by atoms with Crippen LogP contribution in [0.3, 0.4) is 0 Å². The molecule has 0 bridgehead atoms. The first kappa shape index (κ1) is 9.22. The molecule has 0 radical (unpaired) electrons. The van der Waals surface area contributed by atoms with E-state index in [9.17, 15) is 0 Å². The summed E-state index contributed by atoms with van der Waals surface area (Å²) in [4.78, 5) is 0. The minimum atomic E-state index is 0.400. The van der Waals surface area contributed by atoms with Crippen molar-refractivity contribution in [2.24, 2.45) is 11.7 Å². The summed E-state index contributed by atoms with van der Waals surface area (Å²) in [6.45, 7) is 0. The van der Waals surface area contributed by atoms with E-state index in [1.807, 2.05) is 0 Å². The summed E-state index contributed by atoms with van der Waals surface area (Å²) in [6, 6.07) is 2.59. The van der Waals surface area contributed by atoms with Gasteiger partial charge in [0.15, 0.2) is 0 Å². The average Bonchev–Trinajstić information content (AvgIpc) is 2.74. The molecule has 1 aromatic rings. The minimum Gasteiger partial charge on any atom is -0.327 e. The Hall–Kier alpha value is -0.340. The van der Waals surface area contributed by atoms with Crippen LogP contribution in [0.25, 0.3) is 0 Å². The Balaban J connectivity index is 1.87. The molecule has 1 nitrogen and oxygen atoms in total. The van der Waals surface area contributed by atoms with Crippen molar-refractivity contribution in [3.05, 3.63) is 22.4 Å². The number of nitrogens with two attached hydrogens (primary N) is 1. The summed E-state index contributed by atoms with van der Waals surface area (Å²) in [5.41, 5.74) is 7.60. The predicted molar refractivity (Wildman–Crippen MR) is 58.0 cm³/mol. The molecule has 1 fully saturated rings. The van der Waals surface area contributed by atoms with Crippen LogP contribution in [0.5, 0.6) is 0 Å². The molecule has 1 unspecified atom stereocenters. The zero-order chi connectivity index (χ0) is 9.10. The molecule has 1 aromatic heterocycles. The first-order valence-electron chi connectivity index (χ1n) is 5.13. The van der Waals surface area contributed by atoms with E-state index in [4.69, 9.17) is 5.73 Å². The summed E-state index contributed by atoms with van der Waals surface area (Å²) in [5, 5.41) is 4.35. The van der Waals surface area contributed by atoms with Crippen LogP contribution in [0, 0.1) is 5.92 Å². The molecular formula is C11H17NS. The monoisotopic (exact) mass is 195 g/mol. The van der Waals surface area contributed by atoms with E-state index in [-0.39, 0.29) is 0 Å². The van der Waals surface area contributed by atoms with Gasteiger partial charge in [0.2, 0.25) is 0 Å². The zero-order valence-electron chi connectivity index (χ0n) is 7.91. The van der Waals surface area contributed by atoms with Crippen LogP contribution >= 0.6 is 11.3 Å². The first-order valence-corrected chi connectivity index (χ1v) is 6.07. The van der Waals surface area contributed by atoms with Crippen LogP contribution in [-0.2, 0) is 6.42 Å². The van der Waals surface area contributed by atoms with Crippen molar-refractivity contribution in [3.63, 3.8) is 0 Å². The van der Waals surface area contributed by atoms with Crippen LogP contribution in [0.4, 0.5) is 0 Å². The molecule has 2 heteroatoms. The molecule has 72 valence electrons. The highest BCUT2D eigenvalue weighted by molar-refractivity contribution is 7.07. The van der Waals surface area contributed by atoms with Crippen LogP contribution in [0.2, 0.25) is 0 Å². The second kappa shape index (κ2) is 4.25. The SMILES string of the molecule is NC(Cc1ccsc1)C1CCCC1. The molecule has 0 aliphatic heterocycles. The molecule has 0 spiro atoms. The van der Waals surface area contributed by atoms with Gasteiger partial charge < -0.3 is 5.73 Å². The van der Waals surface area contributed by atoms with E-state index in [0.29, 0.717) is 6.04 Å². The summed E-state index contributed by atoms with van der Waals surface area (Å²) in [6.07, 6.45) is 6.56. The highest BCUT2D eigenvalue weighted by Gasteiger charge is 2.21. The van der Waals surface area contributed by atoms with Gasteiger partial charge in [-0.1, -0.05) is 12.8 Å². The van der Waals surface area contributed by atoms with E-state index in [2.05, 4.69) is 16.8 Å². The van der Waals surface area contributed by atoms with E-state index < -0.39 is 0 Å². The third kappa shape index (κ3) is 2.32. The number of thiophene rings is 1. The third-order valence-corrected chi connectivity index (χ3v) is 3.79. The maximum Gasteiger partial charge on any atom is 0.0108 e. The van der Waals surface area contributed by atoms with Gasteiger partial charge in [-0.2, -0.15) is 11.3 Å². The van der Waals surface area contributed by atoms with Crippen molar-refractivity contribution in [3.8, 4) is 0 Å². The molecule has 13 heavy (non-hydrogen) atoms. The normalized spacial score (nSPS) is 20.7. The number of hydrogen-bond donors (Lipinski definition) is 1. The molecule has 2 N–H and O–H groups in total. The lowest BCUT2D eigenvalue weighted by atomic mass is 9.94. The molecule has 0 amide bonds. The topological polar surface area (TPSA) is 26.0 Å². The summed E-state index contributed by atoms with van der Waals surface area (Å²) in [7, 11) is 0. The van der Waals surface area contributed by atoms with Gasteiger partial charge >= 0.3 is 0 Å². The first-order chi connectivity index (χ1) is 6.36. The van der Waals surface area contributed by atoms with Crippen molar-refractivity contribution in [2.75, 3.05) is 0 Å². The van der Waals surface area contributed by atoms with E-state index in [1.54, 1.807) is 11.3 Å². The third-order valence-electron chi connectivity index (χ3n) is 3.06. The van der Waals surface area contributed by atoms with Gasteiger partial charge in [-0.25, -0.2) is 0 Å². The molecule has 1 saturated carbocycles. The standard InChI is InChI=1S/C11H17NS/c12-11(10-3-1-2-4-10)7-9-5-6-13-8-9/h5-6,8,10-11H,1-4,7,12H2. The molecule has 0 saturated heterocycles. The zero-order valence-corrected chi connectivity index (χ0v) is 8.72. The quantitative estimate of drug-likeness (QED) is 0.788. The lowest BCUT2D eigenvalue weighted by Crippen LogP contribution is -2.30. The van der Waals surface area contributed by atoms with Crippen LogP contribution in [-0.4, -0.2) is 6.04 Å². The molecule has 1 aliphatic carbocycles. The Kier molecular flexibility index (Phi) is 3.01. The van der Waals surface area contributed by atoms with Crippen molar-refractivity contribution < 1.29 is 0 Å². The highest BCUT2D eigenvalue weighted by Crippen LogP contribution is 2.28. The van der Waals surface area contributed by atoms with E-state index in [1.165, 1.54) is 31.2 Å². The highest BCUT2D eigenvalue weighted by atomic mass is 32.1. The van der Waals surface area contributed by atoms with Crippen LogP contribution in [0.1, 0.15) is 31.2 Å². The van der Waals surface area contributed by atoms with Crippen molar-refractivity contribution >= 4 is 11.3 Å². The Bertz CT molecular complexity index is 237. The van der Waals surface area contributed by atoms with Gasteiger partial charge in [0, 0.05) is 6.04 Å². The van der Waals surface area contributed by atoms with Gasteiger partial charge in [0.25, 0.3) is 0 Å². The lowest BCUT2D eigenvalue weighted by molar-refractivity contribution is 0.429. The predicted octanol–water partition coefficient (Wildman–Crippen LogP) is 2.81. The summed E-state index contributed by atoms with van der Waals surface area (Å²) < 4.78 is 0. The van der Waals surface area contributed by atoms with Gasteiger partial charge in [-0.3, -0.25) is 0 Å². The smallest absolute Gasteiger partial charge is 0.0108 e.